The topological polar surface area (TPSA) is 26.0 Å². The highest BCUT2D eigenvalue weighted by atomic mass is 79.9. The molecule has 0 amide bonds. The number of rotatable bonds is 1. The molecule has 13 heavy (non-hydrogen) atoms. The van der Waals surface area contributed by atoms with E-state index in [-0.39, 0.29) is 6.04 Å². The molecule has 0 fully saturated rings. The van der Waals surface area contributed by atoms with Crippen LogP contribution in [0.1, 0.15) is 36.1 Å². The van der Waals surface area contributed by atoms with Crippen LogP contribution in [0.15, 0.2) is 16.6 Å². The van der Waals surface area contributed by atoms with Crippen molar-refractivity contribution in [1.29, 1.82) is 0 Å². The molecule has 1 aromatic rings. The van der Waals surface area contributed by atoms with E-state index in [1.54, 1.807) is 0 Å². The lowest BCUT2D eigenvalue weighted by Crippen LogP contribution is -2.08. The summed E-state index contributed by atoms with van der Waals surface area (Å²) in [6.07, 6.45) is 3.32. The van der Waals surface area contributed by atoms with Crippen LogP contribution >= 0.6 is 15.9 Å². The van der Waals surface area contributed by atoms with Gasteiger partial charge < -0.3 is 5.73 Å². The third kappa shape index (κ3) is 1.42. The zero-order chi connectivity index (χ0) is 9.42. The Balaban J connectivity index is 2.60. The first kappa shape index (κ1) is 9.22. The number of aryl methyl sites for hydroxylation is 1. The summed E-state index contributed by atoms with van der Waals surface area (Å²) in [6.45, 7) is 2.19. The summed E-state index contributed by atoms with van der Waals surface area (Å²) in [6, 6.07) is 4.60. The number of hydrogen-bond donors (Lipinski definition) is 1. The van der Waals surface area contributed by atoms with Gasteiger partial charge in [-0.25, -0.2) is 0 Å². The van der Waals surface area contributed by atoms with Crippen molar-refractivity contribution in [3.8, 4) is 0 Å². The summed E-state index contributed by atoms with van der Waals surface area (Å²) in [5, 5.41) is 0. The van der Waals surface area contributed by atoms with Crippen LogP contribution in [0.25, 0.3) is 0 Å². The molecule has 2 N–H and O–H groups in total. The minimum atomic E-state index is 0.266. The van der Waals surface area contributed by atoms with Crippen LogP contribution in [0.3, 0.4) is 0 Å². The van der Waals surface area contributed by atoms with Crippen LogP contribution in [0.5, 0.6) is 0 Å². The fraction of sp³-hybridized carbons (Fsp3) is 0.455. The van der Waals surface area contributed by atoms with Crippen molar-refractivity contribution in [3.63, 3.8) is 0 Å². The maximum absolute atomic E-state index is 6.07. The quantitative estimate of drug-likeness (QED) is 0.802. The maximum atomic E-state index is 6.07. The van der Waals surface area contributed by atoms with Crippen molar-refractivity contribution in [2.75, 3.05) is 0 Å². The Hall–Kier alpha value is -0.340. The first-order valence-corrected chi connectivity index (χ1v) is 5.59. The van der Waals surface area contributed by atoms with E-state index in [9.17, 15) is 0 Å². The van der Waals surface area contributed by atoms with Crippen molar-refractivity contribution in [3.05, 3.63) is 33.3 Å². The van der Waals surface area contributed by atoms with Crippen LogP contribution < -0.4 is 5.73 Å². The number of nitrogens with two attached hydrogens (primary N) is 1. The minimum absolute atomic E-state index is 0.266. The summed E-state index contributed by atoms with van der Waals surface area (Å²) in [5.74, 6) is 0. The standard InChI is InChI=1S/C11H14BrN/c1-2-7-3-5-9(12)8-4-6-10(13)11(7)8/h3,5,10H,2,4,6,13H2,1H3. The van der Waals surface area contributed by atoms with E-state index >= 15 is 0 Å². The molecule has 0 spiro atoms. The Bertz CT molecular complexity index is 333. The van der Waals surface area contributed by atoms with Crippen molar-refractivity contribution >= 4 is 15.9 Å². The fourth-order valence-corrected chi connectivity index (χ4v) is 2.70. The predicted octanol–water partition coefficient (Wildman–Crippen LogP) is 2.96. The van der Waals surface area contributed by atoms with Gasteiger partial charge in [-0.05, 0) is 42.0 Å². The molecule has 0 bridgehead atoms. The van der Waals surface area contributed by atoms with Crippen LogP contribution in [-0.4, -0.2) is 0 Å². The first-order chi connectivity index (χ1) is 6.24. The van der Waals surface area contributed by atoms with Gasteiger partial charge in [-0.15, -0.1) is 0 Å². The molecule has 2 rings (SSSR count). The molecule has 0 saturated carbocycles. The fourth-order valence-electron chi connectivity index (χ4n) is 2.16. The molecule has 1 aromatic carbocycles. The SMILES string of the molecule is CCc1ccc(Br)c2c1C(N)CC2. The molecular weight excluding hydrogens is 226 g/mol. The summed E-state index contributed by atoms with van der Waals surface area (Å²) in [5.41, 5.74) is 10.3. The first-order valence-electron chi connectivity index (χ1n) is 4.79. The predicted molar refractivity (Wildman–Crippen MR) is 58.8 cm³/mol. The summed E-state index contributed by atoms with van der Waals surface area (Å²) in [7, 11) is 0. The lowest BCUT2D eigenvalue weighted by atomic mass is 9.99. The second kappa shape index (κ2) is 3.43. The van der Waals surface area contributed by atoms with Crippen LogP contribution in [0.2, 0.25) is 0 Å². The Morgan fingerprint density at radius 3 is 3.00 bits per heavy atom. The number of hydrogen-bond acceptors (Lipinski definition) is 1. The van der Waals surface area contributed by atoms with Gasteiger partial charge in [-0.1, -0.05) is 28.9 Å². The highest BCUT2D eigenvalue weighted by Gasteiger charge is 2.23. The van der Waals surface area contributed by atoms with E-state index in [0.717, 1.165) is 19.3 Å². The molecule has 1 aliphatic carbocycles. The summed E-state index contributed by atoms with van der Waals surface area (Å²) in [4.78, 5) is 0. The van der Waals surface area contributed by atoms with E-state index in [1.807, 2.05) is 0 Å². The van der Waals surface area contributed by atoms with Gasteiger partial charge in [0, 0.05) is 10.5 Å². The zero-order valence-corrected chi connectivity index (χ0v) is 9.39. The molecule has 1 atom stereocenters. The van der Waals surface area contributed by atoms with E-state index in [4.69, 9.17) is 5.73 Å². The molecule has 1 unspecified atom stereocenters. The van der Waals surface area contributed by atoms with E-state index in [2.05, 4.69) is 35.0 Å². The van der Waals surface area contributed by atoms with Gasteiger partial charge in [-0.3, -0.25) is 0 Å². The van der Waals surface area contributed by atoms with Gasteiger partial charge in [-0.2, -0.15) is 0 Å². The number of fused-ring (bicyclic) bond motifs is 1. The molecule has 0 saturated heterocycles. The lowest BCUT2D eigenvalue weighted by molar-refractivity contribution is 0.707. The smallest absolute Gasteiger partial charge is 0.0303 e. The van der Waals surface area contributed by atoms with Crippen molar-refractivity contribution in [2.45, 2.75) is 32.2 Å². The molecule has 2 heteroatoms. The third-order valence-corrected chi connectivity index (χ3v) is 3.59. The van der Waals surface area contributed by atoms with E-state index in [0.29, 0.717) is 0 Å². The van der Waals surface area contributed by atoms with Gasteiger partial charge in [0.2, 0.25) is 0 Å². The second-order valence-corrected chi connectivity index (χ2v) is 4.45. The second-order valence-electron chi connectivity index (χ2n) is 3.60. The highest BCUT2D eigenvalue weighted by molar-refractivity contribution is 9.10. The number of halogens is 1. The van der Waals surface area contributed by atoms with Gasteiger partial charge >= 0.3 is 0 Å². The molecule has 1 nitrogen and oxygen atoms in total. The van der Waals surface area contributed by atoms with Gasteiger partial charge in [0.05, 0.1) is 0 Å². The molecule has 1 aliphatic rings. The normalized spacial score (nSPS) is 20.4. The van der Waals surface area contributed by atoms with Gasteiger partial charge in [0.1, 0.15) is 0 Å². The van der Waals surface area contributed by atoms with E-state index in [1.165, 1.54) is 21.2 Å². The van der Waals surface area contributed by atoms with Crippen LogP contribution in [-0.2, 0) is 12.8 Å². The molecule has 0 aromatic heterocycles. The molecule has 0 radical (unpaired) electrons. The molecule has 70 valence electrons. The molecule has 0 heterocycles. The molecule has 0 aliphatic heterocycles. The van der Waals surface area contributed by atoms with Crippen molar-refractivity contribution in [1.82, 2.24) is 0 Å². The summed E-state index contributed by atoms with van der Waals surface area (Å²) < 4.78 is 1.23. The molecular formula is C11H14BrN. The summed E-state index contributed by atoms with van der Waals surface area (Å²) >= 11 is 3.58. The van der Waals surface area contributed by atoms with Gasteiger partial charge in [0.25, 0.3) is 0 Å². The monoisotopic (exact) mass is 239 g/mol. The van der Waals surface area contributed by atoms with Gasteiger partial charge in [0.15, 0.2) is 0 Å². The van der Waals surface area contributed by atoms with Crippen molar-refractivity contribution in [2.24, 2.45) is 5.73 Å². The number of benzene rings is 1. The third-order valence-electron chi connectivity index (χ3n) is 2.85. The highest BCUT2D eigenvalue weighted by Crippen LogP contribution is 2.36. The Labute approximate surface area is 87.5 Å². The van der Waals surface area contributed by atoms with Crippen LogP contribution in [0, 0.1) is 0 Å². The van der Waals surface area contributed by atoms with Crippen molar-refractivity contribution < 1.29 is 0 Å². The minimum Gasteiger partial charge on any atom is -0.324 e. The van der Waals surface area contributed by atoms with Crippen LogP contribution in [0.4, 0.5) is 0 Å². The maximum Gasteiger partial charge on any atom is 0.0303 e. The average molecular weight is 240 g/mol. The average Bonchev–Trinajstić information content (AvgIpc) is 2.51. The largest absolute Gasteiger partial charge is 0.324 e. The zero-order valence-electron chi connectivity index (χ0n) is 7.81. The Kier molecular flexibility index (Phi) is 2.43. The Morgan fingerprint density at radius 1 is 1.54 bits per heavy atom. The Morgan fingerprint density at radius 2 is 2.31 bits per heavy atom. The lowest BCUT2D eigenvalue weighted by Gasteiger charge is -2.11. The van der Waals surface area contributed by atoms with E-state index < -0.39 is 0 Å².